The van der Waals surface area contributed by atoms with Crippen molar-refractivity contribution in [1.82, 2.24) is 0 Å². The molecule has 1 aliphatic heterocycles. The fraction of sp³-hybridized carbons (Fsp3) is 0.625. The molecule has 0 aliphatic carbocycles. The fourth-order valence-electron chi connectivity index (χ4n) is 3.20. The summed E-state index contributed by atoms with van der Waals surface area (Å²) in [7, 11) is -0.404. The molecule has 1 heterocycles. The van der Waals surface area contributed by atoms with Crippen LogP contribution in [0, 0.1) is 5.82 Å². The maximum atomic E-state index is 12.9. The van der Waals surface area contributed by atoms with Crippen LogP contribution in [0.15, 0.2) is 24.3 Å². The lowest BCUT2D eigenvalue weighted by atomic mass is 9.93. The van der Waals surface area contributed by atoms with E-state index in [0.29, 0.717) is 5.92 Å². The van der Waals surface area contributed by atoms with Gasteiger partial charge >= 0.3 is 0 Å². The van der Waals surface area contributed by atoms with Crippen LogP contribution < -0.4 is 0 Å². The average Bonchev–Trinajstić information content (AvgIpc) is 2.41. The molecular weight excluding hydrogens is 239 g/mol. The molecule has 0 spiro atoms. The number of rotatable bonds is 5. The van der Waals surface area contributed by atoms with E-state index in [2.05, 4.69) is 6.92 Å². The van der Waals surface area contributed by atoms with Gasteiger partial charge in [-0.1, -0.05) is 56.5 Å². The molecule has 0 aromatic heterocycles. The van der Waals surface area contributed by atoms with E-state index in [1.165, 1.54) is 49.8 Å². The second-order valence-electron chi connectivity index (χ2n) is 5.76. The molecule has 0 amide bonds. The molecule has 2 rings (SSSR count). The third-order valence-corrected chi connectivity index (χ3v) is 7.93. The van der Waals surface area contributed by atoms with Crippen molar-refractivity contribution >= 4 is 8.80 Å². The maximum absolute atomic E-state index is 12.9. The van der Waals surface area contributed by atoms with Gasteiger partial charge in [0, 0.05) is 8.80 Å². The molecule has 0 N–H and O–H groups in total. The standard InChI is InChI=1S/C16H25FSi/c1-2-3-4-11-18-12-9-15(10-13-18)14-5-7-16(17)8-6-14/h5-8,15,18H,2-4,9-13H2,1H3. The first kappa shape index (κ1) is 13.8. The summed E-state index contributed by atoms with van der Waals surface area (Å²) in [5, 5.41) is 0. The predicted molar refractivity (Wildman–Crippen MR) is 79.5 cm³/mol. The molecule has 0 nitrogen and oxygen atoms in total. The van der Waals surface area contributed by atoms with Crippen molar-refractivity contribution in [3.05, 3.63) is 35.6 Å². The van der Waals surface area contributed by atoms with Crippen molar-refractivity contribution in [3.8, 4) is 0 Å². The third-order valence-electron chi connectivity index (χ3n) is 4.40. The Morgan fingerprint density at radius 1 is 1.11 bits per heavy atom. The molecule has 18 heavy (non-hydrogen) atoms. The van der Waals surface area contributed by atoms with Gasteiger partial charge in [-0.05, 0) is 36.5 Å². The molecule has 0 bridgehead atoms. The highest BCUT2D eigenvalue weighted by Gasteiger charge is 2.22. The first-order valence-electron chi connectivity index (χ1n) is 7.55. The van der Waals surface area contributed by atoms with E-state index in [-0.39, 0.29) is 5.82 Å². The minimum Gasteiger partial charge on any atom is -0.207 e. The van der Waals surface area contributed by atoms with E-state index in [4.69, 9.17) is 0 Å². The number of unbranched alkanes of at least 4 members (excludes halogenated alkanes) is 2. The SMILES string of the molecule is CCCCC[SiH]1CCC(c2ccc(F)cc2)CC1. The van der Waals surface area contributed by atoms with E-state index in [0.717, 1.165) is 0 Å². The molecular formula is C16H25FSi. The Labute approximate surface area is 112 Å². The summed E-state index contributed by atoms with van der Waals surface area (Å²) in [5.74, 6) is 0.599. The van der Waals surface area contributed by atoms with Gasteiger partial charge < -0.3 is 0 Å². The van der Waals surface area contributed by atoms with Crippen LogP contribution in [0.4, 0.5) is 4.39 Å². The van der Waals surface area contributed by atoms with Crippen molar-refractivity contribution in [2.24, 2.45) is 0 Å². The lowest BCUT2D eigenvalue weighted by Gasteiger charge is -2.28. The zero-order chi connectivity index (χ0) is 12.8. The monoisotopic (exact) mass is 264 g/mol. The summed E-state index contributed by atoms with van der Waals surface area (Å²) in [6, 6.07) is 11.8. The summed E-state index contributed by atoms with van der Waals surface area (Å²) in [4.78, 5) is 0. The Kier molecular flexibility index (Phi) is 5.42. The van der Waals surface area contributed by atoms with Crippen LogP contribution in [-0.2, 0) is 0 Å². The van der Waals surface area contributed by atoms with Gasteiger partial charge in [0.1, 0.15) is 5.82 Å². The van der Waals surface area contributed by atoms with Gasteiger partial charge in [-0.15, -0.1) is 0 Å². The van der Waals surface area contributed by atoms with Crippen LogP contribution in [0.5, 0.6) is 0 Å². The second kappa shape index (κ2) is 7.08. The van der Waals surface area contributed by atoms with Crippen molar-refractivity contribution < 1.29 is 4.39 Å². The number of halogens is 1. The van der Waals surface area contributed by atoms with Gasteiger partial charge in [-0.25, -0.2) is 4.39 Å². The van der Waals surface area contributed by atoms with Crippen LogP contribution in [0.25, 0.3) is 0 Å². The Morgan fingerprint density at radius 2 is 1.78 bits per heavy atom. The molecule has 0 saturated carbocycles. The van der Waals surface area contributed by atoms with Crippen LogP contribution in [0.1, 0.15) is 50.5 Å². The minimum atomic E-state index is -0.404. The molecule has 1 aliphatic rings. The van der Waals surface area contributed by atoms with E-state index in [1.54, 1.807) is 18.2 Å². The smallest absolute Gasteiger partial charge is 0.123 e. The highest BCUT2D eigenvalue weighted by Crippen LogP contribution is 2.35. The zero-order valence-corrected chi connectivity index (χ0v) is 12.7. The van der Waals surface area contributed by atoms with Gasteiger partial charge in [0.2, 0.25) is 0 Å². The van der Waals surface area contributed by atoms with Crippen molar-refractivity contribution in [2.75, 3.05) is 0 Å². The van der Waals surface area contributed by atoms with Gasteiger partial charge in [0.15, 0.2) is 0 Å². The Morgan fingerprint density at radius 3 is 2.39 bits per heavy atom. The van der Waals surface area contributed by atoms with E-state index >= 15 is 0 Å². The Bertz CT molecular complexity index is 339. The van der Waals surface area contributed by atoms with Crippen LogP contribution in [0.2, 0.25) is 18.1 Å². The number of hydrogen-bond acceptors (Lipinski definition) is 0. The quantitative estimate of drug-likeness (QED) is 0.511. The largest absolute Gasteiger partial charge is 0.207 e. The van der Waals surface area contributed by atoms with E-state index < -0.39 is 8.80 Å². The van der Waals surface area contributed by atoms with Crippen molar-refractivity contribution in [1.29, 1.82) is 0 Å². The molecule has 1 aromatic carbocycles. The lowest BCUT2D eigenvalue weighted by molar-refractivity contribution is 0.596. The summed E-state index contributed by atoms with van der Waals surface area (Å²) >= 11 is 0. The molecule has 1 fully saturated rings. The van der Waals surface area contributed by atoms with Crippen LogP contribution >= 0.6 is 0 Å². The highest BCUT2D eigenvalue weighted by atomic mass is 28.3. The fourth-order valence-corrected chi connectivity index (χ4v) is 6.68. The normalized spacial score (nSPS) is 24.1. The molecule has 2 heteroatoms. The molecule has 1 saturated heterocycles. The predicted octanol–water partition coefficient (Wildman–Crippen LogP) is 5.12. The molecule has 100 valence electrons. The van der Waals surface area contributed by atoms with Gasteiger partial charge in [-0.3, -0.25) is 0 Å². The van der Waals surface area contributed by atoms with Crippen LogP contribution in [0.3, 0.4) is 0 Å². The summed E-state index contributed by atoms with van der Waals surface area (Å²) < 4.78 is 12.9. The molecule has 0 unspecified atom stereocenters. The Hall–Kier alpha value is -0.633. The van der Waals surface area contributed by atoms with Crippen molar-refractivity contribution in [2.45, 2.75) is 63.1 Å². The third kappa shape index (κ3) is 3.94. The maximum Gasteiger partial charge on any atom is 0.123 e. The first-order chi connectivity index (χ1) is 8.79. The molecule has 0 atom stereocenters. The van der Waals surface area contributed by atoms with Gasteiger partial charge in [0.25, 0.3) is 0 Å². The van der Waals surface area contributed by atoms with E-state index in [9.17, 15) is 4.39 Å². The average molecular weight is 264 g/mol. The summed E-state index contributed by atoms with van der Waals surface area (Å²) in [5.41, 5.74) is 1.36. The Balaban J connectivity index is 1.77. The van der Waals surface area contributed by atoms with Crippen LogP contribution in [-0.4, -0.2) is 8.80 Å². The van der Waals surface area contributed by atoms with Gasteiger partial charge in [-0.2, -0.15) is 0 Å². The summed E-state index contributed by atoms with van der Waals surface area (Å²) in [6.45, 7) is 2.28. The first-order valence-corrected chi connectivity index (χ1v) is 10.00. The number of benzene rings is 1. The van der Waals surface area contributed by atoms with Gasteiger partial charge in [0.05, 0.1) is 0 Å². The zero-order valence-electron chi connectivity index (χ0n) is 11.5. The second-order valence-corrected chi connectivity index (χ2v) is 9.23. The van der Waals surface area contributed by atoms with Crippen molar-refractivity contribution in [3.63, 3.8) is 0 Å². The minimum absolute atomic E-state index is 0.110. The van der Waals surface area contributed by atoms with E-state index in [1.807, 2.05) is 12.1 Å². The lowest BCUT2D eigenvalue weighted by Crippen LogP contribution is -2.20. The summed E-state index contributed by atoms with van der Waals surface area (Å²) in [6.07, 6.45) is 6.95. The molecule has 1 aromatic rings. The highest BCUT2D eigenvalue weighted by molar-refractivity contribution is 6.59. The number of hydrogen-bond donors (Lipinski definition) is 0. The molecule has 0 radical (unpaired) electrons. The topological polar surface area (TPSA) is 0 Å².